The highest BCUT2D eigenvalue weighted by Crippen LogP contribution is 2.19. The molecule has 0 N–H and O–H groups in total. The number of ether oxygens (including phenoxy) is 1. The number of benzene rings is 3. The number of rotatable bonds is 6. The van der Waals surface area contributed by atoms with Crippen molar-refractivity contribution in [3.05, 3.63) is 107 Å². The molecule has 1 aromatic heterocycles. The Morgan fingerprint density at radius 2 is 1.58 bits per heavy atom. The second-order valence-electron chi connectivity index (χ2n) is 7.72. The lowest BCUT2D eigenvalue weighted by molar-refractivity contribution is 0.316. The van der Waals surface area contributed by atoms with Crippen LogP contribution in [0.1, 0.15) is 35.7 Å². The summed E-state index contributed by atoms with van der Waals surface area (Å²) in [6, 6.07) is 16.0. The second-order valence-corrected chi connectivity index (χ2v) is 7.72. The van der Waals surface area contributed by atoms with Crippen LogP contribution in [0.15, 0.2) is 66.9 Å². The van der Waals surface area contributed by atoms with Crippen molar-refractivity contribution in [3.63, 3.8) is 0 Å². The molecule has 33 heavy (non-hydrogen) atoms. The molecule has 0 aliphatic carbocycles. The van der Waals surface area contributed by atoms with Crippen molar-refractivity contribution in [2.24, 2.45) is 0 Å². The summed E-state index contributed by atoms with van der Waals surface area (Å²) in [5.74, 6) is 4.39. The molecule has 4 rings (SSSR count). The van der Waals surface area contributed by atoms with Crippen LogP contribution in [-0.2, 0) is 12.8 Å². The van der Waals surface area contributed by atoms with Crippen LogP contribution in [0.4, 0.5) is 13.2 Å². The summed E-state index contributed by atoms with van der Waals surface area (Å²) in [7, 11) is 0. The van der Waals surface area contributed by atoms with Gasteiger partial charge >= 0.3 is 0 Å². The Hall–Kier alpha value is -3.78. The lowest BCUT2D eigenvalue weighted by atomic mass is 10.0. The summed E-state index contributed by atoms with van der Waals surface area (Å²) >= 11 is 0. The molecule has 5 heteroatoms. The fraction of sp³-hybridized carbons (Fsp3) is 0.179. The zero-order valence-electron chi connectivity index (χ0n) is 18.2. The van der Waals surface area contributed by atoms with Gasteiger partial charge in [0, 0.05) is 11.3 Å². The lowest BCUT2D eigenvalue weighted by Gasteiger charge is -2.06. The van der Waals surface area contributed by atoms with Crippen LogP contribution in [0.2, 0.25) is 0 Å². The predicted octanol–water partition coefficient (Wildman–Crippen LogP) is 6.63. The van der Waals surface area contributed by atoms with Crippen LogP contribution >= 0.6 is 0 Å². The first-order chi connectivity index (χ1) is 16.0. The molecule has 166 valence electrons. The van der Waals surface area contributed by atoms with Crippen molar-refractivity contribution >= 4 is 10.8 Å². The number of nitrogens with zero attached hydrogens (tertiary/aromatic N) is 1. The molecule has 0 aliphatic rings. The first-order valence-corrected chi connectivity index (χ1v) is 10.8. The van der Waals surface area contributed by atoms with E-state index in [0.29, 0.717) is 36.3 Å². The normalized spacial score (nSPS) is 10.7. The Kier molecular flexibility index (Phi) is 6.95. The molecular weight excluding hydrogens is 423 g/mol. The zero-order chi connectivity index (χ0) is 23.2. The highest BCUT2D eigenvalue weighted by molar-refractivity contribution is 5.84. The summed E-state index contributed by atoms with van der Waals surface area (Å²) < 4.78 is 48.0. The average Bonchev–Trinajstić information content (AvgIpc) is 2.81. The number of halogens is 3. The summed E-state index contributed by atoms with van der Waals surface area (Å²) in [5.41, 5.74) is 1.68. The number of aryl methyl sites for hydroxylation is 2. The molecule has 0 radical (unpaired) electrons. The smallest absolute Gasteiger partial charge is 0.142 e. The van der Waals surface area contributed by atoms with E-state index in [0.717, 1.165) is 22.9 Å². The zero-order valence-corrected chi connectivity index (χ0v) is 18.2. The van der Waals surface area contributed by atoms with Gasteiger partial charge in [-0.2, -0.15) is 0 Å². The van der Waals surface area contributed by atoms with Crippen molar-refractivity contribution in [2.75, 3.05) is 6.61 Å². The average molecular weight is 445 g/mol. The standard InChI is InChI=1S/C28H22F3NO/c1-2-13-33-25-11-10-24(32-18-25)9-4-20-15-27(30)26(28(31)16-20)12-5-19-3-6-22-17-23(29)8-7-21(22)14-19/h3,6-8,10-11,14-18H,2,4,9,13H2,1H3. The van der Waals surface area contributed by atoms with E-state index in [1.54, 1.807) is 30.5 Å². The van der Waals surface area contributed by atoms with Crippen LogP contribution in [-0.4, -0.2) is 11.6 Å². The second kappa shape index (κ2) is 10.2. The van der Waals surface area contributed by atoms with Crippen molar-refractivity contribution in [3.8, 4) is 17.6 Å². The Balaban J connectivity index is 1.46. The van der Waals surface area contributed by atoms with E-state index in [1.165, 1.54) is 24.3 Å². The van der Waals surface area contributed by atoms with E-state index in [9.17, 15) is 13.2 Å². The topological polar surface area (TPSA) is 22.1 Å². The van der Waals surface area contributed by atoms with Crippen LogP contribution < -0.4 is 4.74 Å². The minimum atomic E-state index is -0.698. The molecule has 0 saturated heterocycles. The third-order valence-electron chi connectivity index (χ3n) is 5.18. The Labute approximate surface area is 191 Å². The summed E-state index contributed by atoms with van der Waals surface area (Å²) in [6.07, 6.45) is 3.58. The molecule has 0 spiro atoms. The van der Waals surface area contributed by atoms with Gasteiger partial charge < -0.3 is 4.74 Å². The van der Waals surface area contributed by atoms with E-state index >= 15 is 0 Å². The summed E-state index contributed by atoms with van der Waals surface area (Å²) in [6.45, 7) is 2.67. The van der Waals surface area contributed by atoms with E-state index in [-0.39, 0.29) is 11.4 Å². The molecule has 0 amide bonds. The number of hydrogen-bond donors (Lipinski definition) is 0. The van der Waals surface area contributed by atoms with Gasteiger partial charge in [-0.05, 0) is 84.1 Å². The maximum absolute atomic E-state index is 14.6. The third kappa shape index (κ3) is 5.72. The fourth-order valence-electron chi connectivity index (χ4n) is 3.45. The third-order valence-corrected chi connectivity index (χ3v) is 5.18. The van der Waals surface area contributed by atoms with E-state index in [4.69, 9.17) is 4.74 Å². The van der Waals surface area contributed by atoms with Crippen molar-refractivity contribution in [1.82, 2.24) is 4.98 Å². The highest BCUT2D eigenvalue weighted by atomic mass is 19.1. The number of hydrogen-bond acceptors (Lipinski definition) is 2. The van der Waals surface area contributed by atoms with E-state index in [1.807, 2.05) is 19.1 Å². The van der Waals surface area contributed by atoms with Crippen molar-refractivity contribution in [1.29, 1.82) is 0 Å². The first-order valence-electron chi connectivity index (χ1n) is 10.8. The SMILES string of the molecule is CCCOc1ccc(CCc2cc(F)c(C#Cc3ccc4cc(F)ccc4c3)c(F)c2)nc1. The van der Waals surface area contributed by atoms with Gasteiger partial charge in [-0.25, -0.2) is 13.2 Å². The molecule has 0 fully saturated rings. The van der Waals surface area contributed by atoms with Gasteiger partial charge in [-0.3, -0.25) is 4.98 Å². The van der Waals surface area contributed by atoms with E-state index in [2.05, 4.69) is 16.8 Å². The van der Waals surface area contributed by atoms with Crippen molar-refractivity contribution in [2.45, 2.75) is 26.2 Å². The van der Waals surface area contributed by atoms with Crippen LogP contribution in [0.3, 0.4) is 0 Å². The number of aromatic nitrogens is 1. The highest BCUT2D eigenvalue weighted by Gasteiger charge is 2.10. The van der Waals surface area contributed by atoms with E-state index < -0.39 is 11.6 Å². The molecular formula is C28H22F3NO. The Morgan fingerprint density at radius 1 is 0.818 bits per heavy atom. The van der Waals surface area contributed by atoms with Gasteiger partial charge in [0.15, 0.2) is 0 Å². The maximum atomic E-state index is 14.6. The minimum absolute atomic E-state index is 0.270. The molecule has 2 nitrogen and oxygen atoms in total. The van der Waals surface area contributed by atoms with Gasteiger partial charge in [0.2, 0.25) is 0 Å². The van der Waals surface area contributed by atoms with Gasteiger partial charge in [0.05, 0.1) is 18.4 Å². The predicted molar refractivity (Wildman–Crippen MR) is 124 cm³/mol. The molecule has 3 aromatic carbocycles. The van der Waals surface area contributed by atoms with Gasteiger partial charge in [-0.1, -0.05) is 30.9 Å². The van der Waals surface area contributed by atoms with Crippen molar-refractivity contribution < 1.29 is 17.9 Å². The van der Waals surface area contributed by atoms with Crippen LogP contribution in [0.25, 0.3) is 10.8 Å². The quantitative estimate of drug-likeness (QED) is 0.311. The number of fused-ring (bicyclic) bond motifs is 1. The Morgan fingerprint density at radius 3 is 2.30 bits per heavy atom. The molecule has 0 saturated carbocycles. The molecule has 4 aromatic rings. The van der Waals surface area contributed by atoms with Gasteiger partial charge in [0.1, 0.15) is 23.2 Å². The lowest BCUT2D eigenvalue weighted by Crippen LogP contribution is -2.00. The summed E-state index contributed by atoms with van der Waals surface area (Å²) in [5, 5.41) is 1.54. The monoisotopic (exact) mass is 445 g/mol. The largest absolute Gasteiger partial charge is 0.492 e. The fourth-order valence-corrected chi connectivity index (χ4v) is 3.45. The molecule has 1 heterocycles. The molecule has 0 unspecified atom stereocenters. The van der Waals surface area contributed by atoms with Gasteiger partial charge in [0.25, 0.3) is 0 Å². The van der Waals surface area contributed by atoms with Crippen LogP contribution in [0, 0.1) is 29.3 Å². The maximum Gasteiger partial charge on any atom is 0.142 e. The first kappa shape index (κ1) is 22.4. The van der Waals surface area contributed by atoms with Crippen LogP contribution in [0.5, 0.6) is 5.75 Å². The minimum Gasteiger partial charge on any atom is -0.492 e. The van der Waals surface area contributed by atoms with Gasteiger partial charge in [-0.15, -0.1) is 0 Å². The summed E-state index contributed by atoms with van der Waals surface area (Å²) in [4.78, 5) is 4.34. The molecule has 0 aliphatic heterocycles. The molecule has 0 bridgehead atoms. The molecule has 0 atom stereocenters. The Bertz CT molecular complexity index is 1310. The number of pyridine rings is 1.